The van der Waals surface area contributed by atoms with Gasteiger partial charge in [-0.25, -0.2) is 14.6 Å². The molecule has 1 aromatic heterocycles. The van der Waals surface area contributed by atoms with E-state index in [0.29, 0.717) is 6.54 Å². The average molecular weight is 257 g/mol. The lowest BCUT2D eigenvalue weighted by atomic mass is 10.3. The highest BCUT2D eigenvalue weighted by Gasteiger charge is 2.21. The number of nitrogens with one attached hydrogen (secondary N) is 1. The summed E-state index contributed by atoms with van der Waals surface area (Å²) in [6, 6.07) is -1.26. The Kier molecular flexibility index (Phi) is 4.45. The molecule has 17 heavy (non-hydrogen) atoms. The van der Waals surface area contributed by atoms with Gasteiger partial charge in [-0.15, -0.1) is 11.3 Å². The molecule has 1 rings (SSSR count). The lowest BCUT2D eigenvalue weighted by molar-refractivity contribution is -0.141. The number of carbonyl (C=O) groups excluding carboxylic acids is 1. The highest BCUT2D eigenvalue weighted by Crippen LogP contribution is 2.10. The number of carbonyl (C=O) groups is 2. The molecule has 1 heterocycles. The Morgan fingerprint density at radius 1 is 1.65 bits per heavy atom. The zero-order valence-corrected chi connectivity index (χ0v) is 10.7. The van der Waals surface area contributed by atoms with Gasteiger partial charge in [-0.3, -0.25) is 0 Å². The molecule has 0 spiro atoms. The first-order valence-electron chi connectivity index (χ1n) is 5.06. The quantitative estimate of drug-likeness (QED) is 0.845. The highest BCUT2D eigenvalue weighted by atomic mass is 32.1. The van der Waals surface area contributed by atoms with Crippen molar-refractivity contribution in [1.29, 1.82) is 0 Å². The molecule has 2 N–H and O–H groups in total. The maximum atomic E-state index is 11.6. The Balaban J connectivity index is 2.47. The first-order chi connectivity index (χ1) is 7.91. The van der Waals surface area contributed by atoms with Crippen molar-refractivity contribution in [3.8, 4) is 0 Å². The van der Waals surface area contributed by atoms with Crippen molar-refractivity contribution >= 4 is 23.3 Å². The molecule has 1 unspecified atom stereocenters. The third-order valence-electron chi connectivity index (χ3n) is 2.34. The molecule has 7 heteroatoms. The van der Waals surface area contributed by atoms with E-state index >= 15 is 0 Å². The number of likely N-dealkylation sites (N-methyl/N-ethyl adjacent to an activating group) is 1. The van der Waals surface area contributed by atoms with Gasteiger partial charge < -0.3 is 15.3 Å². The van der Waals surface area contributed by atoms with Crippen LogP contribution in [0.3, 0.4) is 0 Å². The molecule has 0 aliphatic rings. The highest BCUT2D eigenvalue weighted by molar-refractivity contribution is 7.11. The molecule has 0 aliphatic carbocycles. The van der Waals surface area contributed by atoms with E-state index in [1.807, 2.05) is 6.92 Å². The van der Waals surface area contributed by atoms with Crippen molar-refractivity contribution < 1.29 is 14.7 Å². The molecular weight excluding hydrogens is 242 g/mol. The number of rotatable bonds is 4. The Bertz CT molecular complexity index is 419. The normalized spacial score (nSPS) is 11.9. The van der Waals surface area contributed by atoms with Crippen LogP contribution in [-0.2, 0) is 11.3 Å². The fourth-order valence-electron chi connectivity index (χ4n) is 1.12. The number of aryl methyl sites for hydroxylation is 1. The lowest BCUT2D eigenvalue weighted by Gasteiger charge is -2.21. The van der Waals surface area contributed by atoms with Crippen LogP contribution in [0.1, 0.15) is 16.8 Å². The number of carboxylic acids is 1. The topological polar surface area (TPSA) is 82.5 Å². The number of amides is 2. The van der Waals surface area contributed by atoms with Crippen molar-refractivity contribution in [3.05, 3.63) is 16.1 Å². The summed E-state index contributed by atoms with van der Waals surface area (Å²) in [5, 5.41) is 12.3. The number of hydrogen-bond acceptors (Lipinski definition) is 4. The summed E-state index contributed by atoms with van der Waals surface area (Å²) in [4.78, 5) is 28.4. The van der Waals surface area contributed by atoms with Crippen LogP contribution in [0.25, 0.3) is 0 Å². The minimum absolute atomic E-state index is 0.362. The van der Waals surface area contributed by atoms with Gasteiger partial charge in [0.05, 0.1) is 11.6 Å². The maximum absolute atomic E-state index is 11.6. The van der Waals surface area contributed by atoms with Gasteiger partial charge in [0.25, 0.3) is 0 Å². The Morgan fingerprint density at radius 3 is 2.76 bits per heavy atom. The molecule has 0 bridgehead atoms. The van der Waals surface area contributed by atoms with Crippen LogP contribution >= 0.6 is 11.3 Å². The standard InChI is InChI=1S/C10H15N3O3S/c1-6(9(14)15)13(3)10(16)12-5-8-4-11-7(2)17-8/h4,6H,5H2,1-3H3,(H,12,16)(H,14,15). The van der Waals surface area contributed by atoms with E-state index in [0.717, 1.165) is 14.8 Å². The molecule has 0 aliphatic heterocycles. The van der Waals surface area contributed by atoms with E-state index in [4.69, 9.17) is 5.11 Å². The molecule has 1 atom stereocenters. The molecular formula is C10H15N3O3S. The van der Waals surface area contributed by atoms with Gasteiger partial charge in [0.2, 0.25) is 0 Å². The Labute approximate surface area is 103 Å². The van der Waals surface area contributed by atoms with Crippen LogP contribution in [0.15, 0.2) is 6.20 Å². The van der Waals surface area contributed by atoms with Crippen LogP contribution in [0.5, 0.6) is 0 Å². The van der Waals surface area contributed by atoms with Gasteiger partial charge in [-0.05, 0) is 13.8 Å². The van der Waals surface area contributed by atoms with Gasteiger partial charge in [0.1, 0.15) is 6.04 Å². The number of aromatic nitrogens is 1. The van der Waals surface area contributed by atoms with Crippen molar-refractivity contribution in [3.63, 3.8) is 0 Å². The average Bonchev–Trinajstić information content (AvgIpc) is 2.69. The number of thiazole rings is 1. The van der Waals surface area contributed by atoms with Gasteiger partial charge in [0, 0.05) is 18.1 Å². The summed E-state index contributed by atoms with van der Waals surface area (Å²) in [5.74, 6) is -1.03. The number of aliphatic carboxylic acids is 1. The van der Waals surface area contributed by atoms with E-state index < -0.39 is 18.0 Å². The number of carboxylic acid groups (broad SMARTS) is 1. The van der Waals surface area contributed by atoms with E-state index in [1.54, 1.807) is 6.20 Å². The van der Waals surface area contributed by atoms with E-state index in [9.17, 15) is 9.59 Å². The first kappa shape index (κ1) is 13.4. The van der Waals surface area contributed by atoms with Gasteiger partial charge in [-0.2, -0.15) is 0 Å². The summed E-state index contributed by atoms with van der Waals surface area (Å²) in [6.07, 6.45) is 1.70. The minimum Gasteiger partial charge on any atom is -0.480 e. The molecule has 1 aromatic rings. The summed E-state index contributed by atoms with van der Waals surface area (Å²) in [6.45, 7) is 3.70. The van der Waals surface area contributed by atoms with Crippen LogP contribution in [-0.4, -0.2) is 40.1 Å². The zero-order chi connectivity index (χ0) is 13.0. The first-order valence-corrected chi connectivity index (χ1v) is 5.88. The van der Waals surface area contributed by atoms with Crippen molar-refractivity contribution in [2.45, 2.75) is 26.4 Å². The lowest BCUT2D eigenvalue weighted by Crippen LogP contribution is -2.45. The molecule has 2 amide bonds. The van der Waals surface area contributed by atoms with Crippen LogP contribution in [0.2, 0.25) is 0 Å². The smallest absolute Gasteiger partial charge is 0.326 e. The molecule has 0 saturated carbocycles. The molecule has 0 aromatic carbocycles. The number of urea groups is 1. The Hall–Kier alpha value is -1.63. The van der Waals surface area contributed by atoms with Crippen molar-refractivity contribution in [1.82, 2.24) is 15.2 Å². The third kappa shape index (κ3) is 3.70. The molecule has 0 radical (unpaired) electrons. The van der Waals surface area contributed by atoms with Gasteiger partial charge in [-0.1, -0.05) is 0 Å². The van der Waals surface area contributed by atoms with Crippen molar-refractivity contribution in [2.75, 3.05) is 7.05 Å². The van der Waals surface area contributed by atoms with Crippen molar-refractivity contribution in [2.24, 2.45) is 0 Å². The zero-order valence-electron chi connectivity index (χ0n) is 9.93. The number of nitrogens with zero attached hydrogens (tertiary/aromatic N) is 2. The second-order valence-electron chi connectivity index (χ2n) is 3.63. The Morgan fingerprint density at radius 2 is 2.29 bits per heavy atom. The molecule has 0 saturated heterocycles. The van der Waals surface area contributed by atoms with Gasteiger partial charge >= 0.3 is 12.0 Å². The van der Waals surface area contributed by atoms with E-state index in [2.05, 4.69) is 10.3 Å². The monoisotopic (exact) mass is 257 g/mol. The summed E-state index contributed by atoms with van der Waals surface area (Å²) in [7, 11) is 1.45. The fraction of sp³-hybridized carbons (Fsp3) is 0.500. The van der Waals surface area contributed by atoms with Crippen LogP contribution in [0, 0.1) is 6.92 Å². The van der Waals surface area contributed by atoms with E-state index in [-0.39, 0.29) is 0 Å². The van der Waals surface area contributed by atoms with Crippen LogP contribution in [0.4, 0.5) is 4.79 Å². The maximum Gasteiger partial charge on any atom is 0.326 e. The predicted octanol–water partition coefficient (Wildman–Crippen LogP) is 1.07. The predicted molar refractivity (Wildman–Crippen MR) is 63.9 cm³/mol. The summed E-state index contributed by atoms with van der Waals surface area (Å²) in [5.41, 5.74) is 0. The molecule has 94 valence electrons. The second-order valence-corrected chi connectivity index (χ2v) is 4.95. The van der Waals surface area contributed by atoms with Crippen LogP contribution < -0.4 is 5.32 Å². The molecule has 0 fully saturated rings. The summed E-state index contributed by atoms with van der Waals surface area (Å²) >= 11 is 1.50. The molecule has 6 nitrogen and oxygen atoms in total. The second kappa shape index (κ2) is 5.62. The SMILES string of the molecule is Cc1ncc(CNC(=O)N(C)C(C)C(=O)O)s1. The summed E-state index contributed by atoms with van der Waals surface area (Å²) < 4.78 is 0. The van der Waals surface area contributed by atoms with Gasteiger partial charge in [0.15, 0.2) is 0 Å². The number of hydrogen-bond donors (Lipinski definition) is 2. The van der Waals surface area contributed by atoms with E-state index in [1.165, 1.54) is 25.3 Å². The minimum atomic E-state index is -1.03. The largest absolute Gasteiger partial charge is 0.480 e. The third-order valence-corrected chi connectivity index (χ3v) is 3.25. The fourth-order valence-corrected chi connectivity index (χ4v) is 1.85.